The highest BCUT2D eigenvalue weighted by molar-refractivity contribution is 7.85. The van der Waals surface area contributed by atoms with Crippen molar-refractivity contribution in [3.63, 3.8) is 0 Å². The molecule has 2 aromatic rings. The largest absolute Gasteiger partial charge is 0.492 e. The van der Waals surface area contributed by atoms with Crippen molar-refractivity contribution in [2.24, 2.45) is 0 Å². The van der Waals surface area contributed by atoms with Crippen LogP contribution in [0.2, 0.25) is 0 Å². The van der Waals surface area contributed by atoms with Gasteiger partial charge in [-0.1, -0.05) is 12.1 Å². The molecule has 0 aliphatic carbocycles. The molecule has 22 heavy (non-hydrogen) atoms. The van der Waals surface area contributed by atoms with Crippen LogP contribution in [0.25, 0.3) is 0 Å². The smallest absolute Gasteiger partial charge is 0.132 e. The number of benzene rings is 1. The van der Waals surface area contributed by atoms with Crippen LogP contribution in [0.3, 0.4) is 0 Å². The zero-order valence-corrected chi connectivity index (χ0v) is 13.2. The van der Waals surface area contributed by atoms with Gasteiger partial charge < -0.3 is 10.1 Å². The van der Waals surface area contributed by atoms with Gasteiger partial charge in [-0.3, -0.25) is 0 Å². The van der Waals surface area contributed by atoms with Gasteiger partial charge in [0.25, 0.3) is 0 Å². The first-order valence-corrected chi connectivity index (χ1v) is 8.73. The Hall–Kier alpha value is -1.72. The molecule has 3 heterocycles. The Bertz CT molecular complexity index is 747. The highest BCUT2D eigenvalue weighted by atomic mass is 32.2. The molecule has 1 aromatic heterocycles. The van der Waals surface area contributed by atoms with E-state index >= 15 is 0 Å². The normalized spacial score (nSPS) is 24.2. The quantitative estimate of drug-likeness (QED) is 0.925. The van der Waals surface area contributed by atoms with E-state index in [1.54, 1.807) is 6.07 Å². The molecular weight excluding hydrogens is 296 g/mol. The third-order valence-electron chi connectivity index (χ3n) is 4.42. The van der Waals surface area contributed by atoms with Crippen LogP contribution in [-0.2, 0) is 10.8 Å². The SMILES string of the molecule is Cc1cccc(S(=O)c2ccc3c(c2)OCC2NCCC32)n1. The average Bonchev–Trinajstić information content (AvgIpc) is 3.02. The lowest BCUT2D eigenvalue weighted by molar-refractivity contribution is 0.238. The number of nitrogens with one attached hydrogen (secondary N) is 1. The number of ether oxygens (including phenoxy) is 1. The molecule has 2 aliphatic rings. The minimum atomic E-state index is -1.27. The van der Waals surface area contributed by atoms with E-state index in [4.69, 9.17) is 4.74 Å². The maximum Gasteiger partial charge on any atom is 0.132 e. The van der Waals surface area contributed by atoms with Gasteiger partial charge in [-0.05, 0) is 49.7 Å². The van der Waals surface area contributed by atoms with E-state index in [0.29, 0.717) is 23.6 Å². The molecule has 114 valence electrons. The molecule has 0 bridgehead atoms. The summed E-state index contributed by atoms with van der Waals surface area (Å²) in [5, 5.41) is 4.07. The van der Waals surface area contributed by atoms with Crippen molar-refractivity contribution in [3.8, 4) is 5.75 Å². The molecule has 4 rings (SSSR count). The van der Waals surface area contributed by atoms with Gasteiger partial charge in [0.2, 0.25) is 0 Å². The van der Waals surface area contributed by atoms with Crippen LogP contribution < -0.4 is 10.1 Å². The highest BCUT2D eigenvalue weighted by Gasteiger charge is 2.34. The van der Waals surface area contributed by atoms with E-state index in [1.807, 2.05) is 31.2 Å². The summed E-state index contributed by atoms with van der Waals surface area (Å²) in [6.07, 6.45) is 1.14. The molecule has 2 aliphatic heterocycles. The summed E-state index contributed by atoms with van der Waals surface area (Å²) in [6.45, 7) is 3.64. The number of aromatic nitrogens is 1. The molecular formula is C17H18N2O2S. The number of nitrogens with zero attached hydrogens (tertiary/aromatic N) is 1. The van der Waals surface area contributed by atoms with Crippen LogP contribution >= 0.6 is 0 Å². The Balaban J connectivity index is 1.68. The van der Waals surface area contributed by atoms with Gasteiger partial charge in [0.05, 0.1) is 0 Å². The average molecular weight is 314 g/mol. The minimum absolute atomic E-state index is 0.419. The predicted octanol–water partition coefficient (Wildman–Crippen LogP) is 2.39. The number of fused-ring (bicyclic) bond motifs is 3. The third kappa shape index (κ3) is 2.34. The Labute approximate surface area is 132 Å². The van der Waals surface area contributed by atoms with E-state index in [9.17, 15) is 4.21 Å². The van der Waals surface area contributed by atoms with Gasteiger partial charge in [-0.25, -0.2) is 9.19 Å². The van der Waals surface area contributed by atoms with Gasteiger partial charge in [0.1, 0.15) is 28.2 Å². The molecule has 0 saturated carbocycles. The number of hydrogen-bond acceptors (Lipinski definition) is 4. The zero-order valence-electron chi connectivity index (χ0n) is 12.4. The van der Waals surface area contributed by atoms with Gasteiger partial charge in [0, 0.05) is 22.5 Å². The Morgan fingerprint density at radius 2 is 2.23 bits per heavy atom. The van der Waals surface area contributed by atoms with Gasteiger partial charge >= 0.3 is 0 Å². The molecule has 3 atom stereocenters. The fourth-order valence-corrected chi connectivity index (χ4v) is 4.37. The molecule has 5 heteroatoms. The van der Waals surface area contributed by atoms with Crippen LogP contribution in [0.4, 0.5) is 0 Å². The highest BCUT2D eigenvalue weighted by Crippen LogP contribution is 2.39. The number of hydrogen-bond donors (Lipinski definition) is 1. The second-order valence-electron chi connectivity index (χ2n) is 5.85. The van der Waals surface area contributed by atoms with Crippen molar-refractivity contribution in [3.05, 3.63) is 47.7 Å². The summed E-state index contributed by atoms with van der Waals surface area (Å²) in [6, 6.07) is 12.0. The van der Waals surface area contributed by atoms with E-state index in [-0.39, 0.29) is 0 Å². The summed E-state index contributed by atoms with van der Waals surface area (Å²) < 4.78 is 18.6. The topological polar surface area (TPSA) is 51.2 Å². The molecule has 4 nitrogen and oxygen atoms in total. The molecule has 3 unspecified atom stereocenters. The first-order chi connectivity index (χ1) is 10.7. The third-order valence-corrected chi connectivity index (χ3v) is 5.71. The van der Waals surface area contributed by atoms with Crippen LogP contribution in [0.5, 0.6) is 5.75 Å². The van der Waals surface area contributed by atoms with Gasteiger partial charge in [0.15, 0.2) is 0 Å². The minimum Gasteiger partial charge on any atom is -0.492 e. The summed E-state index contributed by atoms with van der Waals surface area (Å²) in [5.74, 6) is 1.40. The Morgan fingerprint density at radius 1 is 1.32 bits per heavy atom. The lowest BCUT2D eigenvalue weighted by atomic mass is 9.90. The van der Waals surface area contributed by atoms with Crippen molar-refractivity contribution >= 4 is 10.8 Å². The van der Waals surface area contributed by atoms with Crippen LogP contribution in [0.15, 0.2) is 46.3 Å². The Kier molecular flexibility index (Phi) is 3.47. The monoisotopic (exact) mass is 314 g/mol. The van der Waals surface area contributed by atoms with E-state index < -0.39 is 10.8 Å². The molecule has 1 N–H and O–H groups in total. The zero-order chi connectivity index (χ0) is 15.1. The summed E-state index contributed by atoms with van der Waals surface area (Å²) in [7, 11) is -1.27. The lowest BCUT2D eigenvalue weighted by Crippen LogP contribution is -2.35. The Morgan fingerprint density at radius 3 is 3.09 bits per heavy atom. The summed E-state index contributed by atoms with van der Waals surface area (Å²) >= 11 is 0. The van der Waals surface area contributed by atoms with Crippen molar-refractivity contribution in [1.29, 1.82) is 0 Å². The number of aryl methyl sites for hydroxylation is 1. The first kappa shape index (κ1) is 13.9. The fraction of sp³-hybridized carbons (Fsp3) is 0.353. The second kappa shape index (κ2) is 5.48. The van der Waals surface area contributed by atoms with Crippen LogP contribution in [0.1, 0.15) is 23.6 Å². The predicted molar refractivity (Wildman–Crippen MR) is 84.7 cm³/mol. The summed E-state index contributed by atoms with van der Waals surface area (Å²) in [4.78, 5) is 5.11. The molecule has 0 amide bonds. The van der Waals surface area contributed by atoms with Gasteiger partial charge in [-0.2, -0.15) is 0 Å². The molecule has 0 spiro atoms. The number of pyridine rings is 1. The molecule has 0 radical (unpaired) electrons. The van der Waals surface area contributed by atoms with Crippen molar-refractivity contribution in [1.82, 2.24) is 10.3 Å². The van der Waals surface area contributed by atoms with Crippen molar-refractivity contribution in [2.45, 2.75) is 35.2 Å². The fourth-order valence-electron chi connectivity index (χ4n) is 3.30. The van der Waals surface area contributed by atoms with E-state index in [2.05, 4.69) is 16.4 Å². The molecule has 1 fully saturated rings. The van der Waals surface area contributed by atoms with Crippen LogP contribution in [-0.4, -0.2) is 28.4 Å². The molecule has 1 aromatic carbocycles. The molecule has 1 saturated heterocycles. The van der Waals surface area contributed by atoms with Crippen molar-refractivity contribution in [2.75, 3.05) is 13.2 Å². The van der Waals surface area contributed by atoms with Gasteiger partial charge in [-0.15, -0.1) is 0 Å². The maximum absolute atomic E-state index is 12.7. The lowest BCUT2D eigenvalue weighted by Gasteiger charge is -2.28. The van der Waals surface area contributed by atoms with E-state index in [0.717, 1.165) is 29.3 Å². The maximum atomic E-state index is 12.7. The van der Waals surface area contributed by atoms with E-state index in [1.165, 1.54) is 5.56 Å². The first-order valence-electron chi connectivity index (χ1n) is 7.58. The second-order valence-corrected chi connectivity index (χ2v) is 7.28. The van der Waals surface area contributed by atoms with Crippen LogP contribution in [0, 0.1) is 6.92 Å². The number of rotatable bonds is 2. The summed E-state index contributed by atoms with van der Waals surface area (Å²) in [5.41, 5.74) is 2.11. The standard InChI is InChI=1S/C17H18N2O2S/c1-11-3-2-4-17(19-11)22(20)12-5-6-14-13-7-8-18-15(13)10-21-16(14)9-12/h2-6,9,13,15,18H,7-8,10H2,1H3. The van der Waals surface area contributed by atoms with Crippen molar-refractivity contribution < 1.29 is 8.95 Å².